The largest absolute Gasteiger partial charge is 0.365 e. The number of primary amides is 1. The molecule has 1 saturated heterocycles. The van der Waals surface area contributed by atoms with E-state index >= 15 is 0 Å². The Kier molecular flexibility index (Phi) is 5.31. The van der Waals surface area contributed by atoms with Crippen LogP contribution in [0.4, 0.5) is 5.69 Å². The Morgan fingerprint density at radius 1 is 1.06 bits per heavy atom. The standard InChI is InChI=1S/C30H35N5O/c31-30(36)27-16-24-23(7-3-8-25(24)33-27)22-6-2-1-5-19(22)11-12-34-13-14-35-21(18-34)15-20-17-32-26-9-4-10-28(35)29(20)26/h3-4,7-10,16-17,19,21-22,32-33H,1-2,5-6,11-15,18H2,(H2,31,36)/t19-,21?,22+/m0/s1. The van der Waals surface area contributed by atoms with Crippen LogP contribution in [0, 0.1) is 5.92 Å². The number of nitrogens with zero attached hydrogens (tertiary/aromatic N) is 2. The van der Waals surface area contributed by atoms with Crippen LogP contribution >= 0.6 is 0 Å². The molecular weight excluding hydrogens is 446 g/mol. The van der Waals surface area contributed by atoms with Crippen molar-refractivity contribution in [3.63, 3.8) is 0 Å². The van der Waals surface area contributed by atoms with E-state index < -0.39 is 0 Å². The van der Waals surface area contributed by atoms with Gasteiger partial charge >= 0.3 is 0 Å². The Hall–Kier alpha value is -3.25. The lowest BCUT2D eigenvalue weighted by Gasteiger charge is -2.46. The molecule has 6 nitrogen and oxygen atoms in total. The lowest BCUT2D eigenvalue weighted by atomic mass is 9.73. The van der Waals surface area contributed by atoms with Crippen LogP contribution < -0.4 is 10.6 Å². The molecule has 0 spiro atoms. The molecule has 3 atom stereocenters. The van der Waals surface area contributed by atoms with Crippen molar-refractivity contribution in [2.75, 3.05) is 31.1 Å². The van der Waals surface area contributed by atoms with Crippen LogP contribution in [0.15, 0.2) is 48.7 Å². The highest BCUT2D eigenvalue weighted by molar-refractivity contribution is 5.98. The summed E-state index contributed by atoms with van der Waals surface area (Å²) in [7, 11) is 0. The van der Waals surface area contributed by atoms with Crippen molar-refractivity contribution >= 4 is 33.4 Å². The highest BCUT2D eigenvalue weighted by Gasteiger charge is 2.34. The number of rotatable bonds is 5. The second-order valence-corrected chi connectivity index (χ2v) is 11.2. The van der Waals surface area contributed by atoms with Crippen LogP contribution in [0.3, 0.4) is 0 Å². The minimum Gasteiger partial charge on any atom is -0.365 e. The topological polar surface area (TPSA) is 81.2 Å². The quantitative estimate of drug-likeness (QED) is 0.368. The van der Waals surface area contributed by atoms with Crippen molar-refractivity contribution in [1.29, 1.82) is 0 Å². The predicted octanol–water partition coefficient (Wildman–Crippen LogP) is 5.16. The maximum Gasteiger partial charge on any atom is 0.265 e. The first kappa shape index (κ1) is 22.0. The number of anilines is 1. The lowest BCUT2D eigenvalue weighted by molar-refractivity contribution is 0.0996. The number of nitrogens with two attached hydrogens (primary N) is 1. The molecule has 0 bridgehead atoms. The fraction of sp³-hybridized carbons (Fsp3) is 0.433. The highest BCUT2D eigenvalue weighted by Crippen LogP contribution is 2.43. The molecule has 2 aliphatic heterocycles. The number of piperazine rings is 1. The Morgan fingerprint density at radius 3 is 2.83 bits per heavy atom. The minimum absolute atomic E-state index is 0.387. The molecule has 2 aromatic carbocycles. The van der Waals surface area contributed by atoms with E-state index in [1.165, 1.54) is 71.8 Å². The number of fused-ring (bicyclic) bond motifs is 3. The Balaban J connectivity index is 1.07. The van der Waals surface area contributed by atoms with Gasteiger partial charge in [-0.05, 0) is 79.5 Å². The summed E-state index contributed by atoms with van der Waals surface area (Å²) in [5, 5.41) is 2.61. The molecule has 3 aliphatic rings. The second-order valence-electron chi connectivity index (χ2n) is 11.2. The number of hydrogen-bond acceptors (Lipinski definition) is 3. The monoisotopic (exact) mass is 481 g/mol. The number of nitrogens with one attached hydrogen (secondary N) is 2. The summed E-state index contributed by atoms with van der Waals surface area (Å²) in [5.41, 5.74) is 12.7. The normalized spacial score (nSPS) is 24.3. The molecular formula is C30H35N5O. The van der Waals surface area contributed by atoms with Crippen molar-refractivity contribution in [2.24, 2.45) is 11.7 Å². The zero-order valence-electron chi connectivity index (χ0n) is 20.8. The molecule has 2 aromatic heterocycles. The first-order valence-electron chi connectivity index (χ1n) is 13.6. The van der Waals surface area contributed by atoms with E-state index in [9.17, 15) is 4.79 Å². The summed E-state index contributed by atoms with van der Waals surface area (Å²) < 4.78 is 0. The van der Waals surface area contributed by atoms with E-state index in [1.807, 2.05) is 6.07 Å². The number of aromatic amines is 2. The van der Waals surface area contributed by atoms with Crippen molar-refractivity contribution in [1.82, 2.24) is 14.9 Å². The van der Waals surface area contributed by atoms with Gasteiger partial charge in [-0.25, -0.2) is 0 Å². The maximum absolute atomic E-state index is 11.8. The third-order valence-electron chi connectivity index (χ3n) is 9.19. The van der Waals surface area contributed by atoms with Crippen molar-refractivity contribution < 1.29 is 4.79 Å². The maximum atomic E-state index is 11.8. The molecule has 4 N–H and O–H groups in total. The molecule has 0 radical (unpaired) electrons. The fourth-order valence-corrected chi connectivity index (χ4v) is 7.45. The van der Waals surface area contributed by atoms with Crippen molar-refractivity contribution in [3.8, 4) is 0 Å². The Bertz CT molecular complexity index is 1430. The molecule has 1 unspecified atom stereocenters. The number of benzene rings is 2. The van der Waals surface area contributed by atoms with Crippen LogP contribution in [0.5, 0.6) is 0 Å². The van der Waals surface area contributed by atoms with E-state index in [0.29, 0.717) is 23.6 Å². The lowest BCUT2D eigenvalue weighted by Crippen LogP contribution is -2.55. The summed E-state index contributed by atoms with van der Waals surface area (Å²) >= 11 is 0. The van der Waals surface area contributed by atoms with Crippen LogP contribution in [-0.4, -0.2) is 53.0 Å². The summed E-state index contributed by atoms with van der Waals surface area (Å²) in [5.74, 6) is 0.850. The van der Waals surface area contributed by atoms with E-state index in [4.69, 9.17) is 5.73 Å². The molecule has 1 amide bonds. The van der Waals surface area contributed by atoms with Gasteiger partial charge in [0, 0.05) is 59.4 Å². The van der Waals surface area contributed by atoms with Crippen LogP contribution in [0.25, 0.3) is 21.8 Å². The predicted molar refractivity (Wildman–Crippen MR) is 146 cm³/mol. The van der Waals surface area contributed by atoms with Gasteiger partial charge in [0.05, 0.1) is 0 Å². The molecule has 4 aromatic rings. The highest BCUT2D eigenvalue weighted by atomic mass is 16.1. The summed E-state index contributed by atoms with van der Waals surface area (Å²) in [6, 6.07) is 15.7. The third-order valence-corrected chi connectivity index (χ3v) is 9.19. The summed E-state index contributed by atoms with van der Waals surface area (Å²) in [6.07, 6.45) is 9.75. The van der Waals surface area contributed by atoms with Gasteiger partial charge in [-0.1, -0.05) is 31.0 Å². The van der Waals surface area contributed by atoms with Gasteiger partial charge < -0.3 is 20.6 Å². The second kappa shape index (κ2) is 8.70. The van der Waals surface area contributed by atoms with Gasteiger partial charge in [0.1, 0.15) is 5.69 Å². The zero-order chi connectivity index (χ0) is 24.2. The van der Waals surface area contributed by atoms with Gasteiger partial charge in [0.25, 0.3) is 5.91 Å². The third kappa shape index (κ3) is 3.62. The Labute approximate surface area is 211 Å². The molecule has 36 heavy (non-hydrogen) atoms. The average Bonchev–Trinajstić information content (AvgIpc) is 3.53. The molecule has 7 rings (SSSR count). The van der Waals surface area contributed by atoms with Gasteiger partial charge in [-0.15, -0.1) is 0 Å². The van der Waals surface area contributed by atoms with Crippen LogP contribution in [0.2, 0.25) is 0 Å². The number of amides is 1. The van der Waals surface area contributed by atoms with Crippen molar-refractivity contribution in [3.05, 3.63) is 65.5 Å². The Morgan fingerprint density at radius 2 is 1.92 bits per heavy atom. The smallest absolute Gasteiger partial charge is 0.265 e. The van der Waals surface area contributed by atoms with E-state index in [1.54, 1.807) is 0 Å². The number of aromatic nitrogens is 2. The number of carbonyl (C=O) groups excluding carboxylic acids is 1. The average molecular weight is 482 g/mol. The fourth-order valence-electron chi connectivity index (χ4n) is 7.45. The SMILES string of the molecule is NC(=O)c1cc2c([C@@H]3CCCC[C@H]3CCN3CCN4c5cccc6[nH]cc(c56)CC4C3)cccc2[nH]1. The molecule has 4 heterocycles. The summed E-state index contributed by atoms with van der Waals surface area (Å²) in [6.45, 7) is 4.57. The van der Waals surface area contributed by atoms with Gasteiger partial charge in [-0.2, -0.15) is 0 Å². The molecule has 2 fully saturated rings. The van der Waals surface area contributed by atoms with Crippen LogP contribution in [0.1, 0.15) is 59.6 Å². The number of hydrogen-bond donors (Lipinski definition) is 3. The zero-order valence-corrected chi connectivity index (χ0v) is 20.8. The minimum atomic E-state index is -0.387. The molecule has 186 valence electrons. The molecule has 1 aliphatic carbocycles. The molecule has 6 heteroatoms. The van der Waals surface area contributed by atoms with E-state index in [0.717, 1.165) is 31.6 Å². The molecule has 1 saturated carbocycles. The van der Waals surface area contributed by atoms with Crippen molar-refractivity contribution in [2.45, 2.75) is 50.5 Å². The van der Waals surface area contributed by atoms with Gasteiger partial charge in [-0.3, -0.25) is 9.69 Å². The van der Waals surface area contributed by atoms with Gasteiger partial charge in [0.2, 0.25) is 0 Å². The van der Waals surface area contributed by atoms with E-state index in [-0.39, 0.29) is 5.91 Å². The number of carbonyl (C=O) groups is 1. The first-order chi connectivity index (χ1) is 17.7. The van der Waals surface area contributed by atoms with Gasteiger partial charge in [0.15, 0.2) is 0 Å². The van der Waals surface area contributed by atoms with Crippen LogP contribution in [-0.2, 0) is 6.42 Å². The number of H-pyrrole nitrogens is 2. The first-order valence-corrected chi connectivity index (χ1v) is 13.6. The summed E-state index contributed by atoms with van der Waals surface area (Å²) in [4.78, 5) is 23.9. The van der Waals surface area contributed by atoms with E-state index in [2.05, 4.69) is 62.4 Å².